The van der Waals surface area contributed by atoms with Crippen molar-refractivity contribution in [1.82, 2.24) is 0 Å². The van der Waals surface area contributed by atoms with E-state index in [-0.39, 0.29) is 52.8 Å². The van der Waals surface area contributed by atoms with E-state index in [4.69, 9.17) is 0 Å². The average molecular weight is 200 g/mol. The van der Waals surface area contributed by atoms with Crippen molar-refractivity contribution < 1.29 is 71.9 Å². The Morgan fingerprint density at radius 2 is 1.67 bits per heavy atom. The molecule has 0 saturated heterocycles. The minimum atomic E-state index is -0.954. The van der Waals surface area contributed by atoms with Gasteiger partial charge in [0.05, 0.1) is 0 Å². The summed E-state index contributed by atoms with van der Waals surface area (Å²) >= 11 is 0. The SMILES string of the molecule is CC(=O)OC(=O)OC(C)(C)C.[H-].[K+]. The van der Waals surface area contributed by atoms with Crippen LogP contribution in [0.15, 0.2) is 0 Å². The summed E-state index contributed by atoms with van der Waals surface area (Å²) in [6.45, 7) is 6.21. The van der Waals surface area contributed by atoms with Gasteiger partial charge in [0.25, 0.3) is 0 Å². The van der Waals surface area contributed by atoms with Crippen LogP contribution in [0, 0.1) is 0 Å². The van der Waals surface area contributed by atoms with Crippen LogP contribution in [0.1, 0.15) is 29.1 Å². The molecule has 12 heavy (non-hydrogen) atoms. The van der Waals surface area contributed by atoms with Crippen LogP contribution in [-0.4, -0.2) is 17.7 Å². The van der Waals surface area contributed by atoms with Crippen molar-refractivity contribution in [1.29, 1.82) is 0 Å². The van der Waals surface area contributed by atoms with Gasteiger partial charge >= 0.3 is 63.5 Å². The van der Waals surface area contributed by atoms with Crippen molar-refractivity contribution in [3.8, 4) is 0 Å². The normalized spacial score (nSPS) is 9.67. The number of ether oxygens (including phenoxy) is 2. The van der Waals surface area contributed by atoms with E-state index in [0.29, 0.717) is 0 Å². The van der Waals surface area contributed by atoms with Crippen molar-refractivity contribution in [3.05, 3.63) is 0 Å². The predicted molar refractivity (Wildman–Crippen MR) is 39.1 cm³/mol. The van der Waals surface area contributed by atoms with Crippen LogP contribution in [0.25, 0.3) is 0 Å². The smallest absolute Gasteiger partial charge is 1.00 e. The quantitative estimate of drug-likeness (QED) is 0.274. The molecule has 0 aliphatic rings. The standard InChI is InChI=1S/C7H12O4.K.H/c1-5(8)10-6(9)11-7(2,3)4;;/h1-4H3;;/q;+1;-1. The monoisotopic (exact) mass is 200 g/mol. The first-order valence-corrected chi connectivity index (χ1v) is 3.22. The molecule has 66 valence electrons. The van der Waals surface area contributed by atoms with E-state index >= 15 is 0 Å². The Balaban J connectivity index is -0.000000500. The van der Waals surface area contributed by atoms with E-state index in [1.54, 1.807) is 20.8 Å². The number of carbonyl (C=O) groups excluding carboxylic acids is 2. The van der Waals surface area contributed by atoms with Gasteiger partial charge in [-0.1, -0.05) is 0 Å². The van der Waals surface area contributed by atoms with Gasteiger partial charge in [-0.2, -0.15) is 0 Å². The third-order valence-electron chi connectivity index (χ3n) is 0.617. The molecule has 0 saturated carbocycles. The van der Waals surface area contributed by atoms with Crippen LogP contribution in [-0.2, 0) is 14.3 Å². The van der Waals surface area contributed by atoms with Gasteiger partial charge in [-0.05, 0) is 20.8 Å². The molecule has 0 rings (SSSR count). The molecule has 0 radical (unpaired) electrons. The summed E-state index contributed by atoms with van der Waals surface area (Å²) in [6, 6.07) is 0. The van der Waals surface area contributed by atoms with Crippen LogP contribution in [0.2, 0.25) is 0 Å². The summed E-state index contributed by atoms with van der Waals surface area (Å²) in [5, 5.41) is 0. The Bertz CT molecular complexity index is 176. The zero-order valence-electron chi connectivity index (χ0n) is 9.13. The maximum Gasteiger partial charge on any atom is 1.00 e. The van der Waals surface area contributed by atoms with Crippen molar-refractivity contribution in [2.75, 3.05) is 0 Å². The third kappa shape index (κ3) is 10.6. The van der Waals surface area contributed by atoms with E-state index in [9.17, 15) is 9.59 Å². The molecule has 0 fully saturated rings. The number of rotatable bonds is 0. The van der Waals surface area contributed by atoms with Gasteiger partial charge in [-0.25, -0.2) is 4.79 Å². The van der Waals surface area contributed by atoms with Crippen LogP contribution in [0.4, 0.5) is 4.79 Å². The molecule has 5 heteroatoms. The van der Waals surface area contributed by atoms with Crippen molar-refractivity contribution in [3.63, 3.8) is 0 Å². The molecule has 0 aromatic heterocycles. The summed E-state index contributed by atoms with van der Waals surface area (Å²) in [4.78, 5) is 20.8. The zero-order chi connectivity index (χ0) is 9.07. The van der Waals surface area contributed by atoms with Crippen molar-refractivity contribution in [2.45, 2.75) is 33.3 Å². The second kappa shape index (κ2) is 6.09. The van der Waals surface area contributed by atoms with Gasteiger partial charge in [0.1, 0.15) is 5.60 Å². The van der Waals surface area contributed by atoms with E-state index < -0.39 is 17.7 Å². The van der Waals surface area contributed by atoms with E-state index in [0.717, 1.165) is 6.92 Å². The number of hydrogen-bond acceptors (Lipinski definition) is 4. The Hall–Kier alpha value is 0.576. The molecule has 0 unspecified atom stereocenters. The molecule has 0 aliphatic heterocycles. The summed E-state index contributed by atoms with van der Waals surface area (Å²) in [6.07, 6.45) is -0.954. The first-order valence-electron chi connectivity index (χ1n) is 3.22. The molecule has 0 amide bonds. The summed E-state index contributed by atoms with van der Waals surface area (Å²) in [7, 11) is 0. The maximum absolute atomic E-state index is 10.6. The first-order chi connectivity index (χ1) is 4.81. The Labute approximate surface area is 116 Å². The zero-order valence-corrected chi connectivity index (χ0v) is 11.3. The fourth-order valence-corrected chi connectivity index (χ4v) is 0.388. The van der Waals surface area contributed by atoms with Crippen molar-refractivity contribution >= 4 is 12.1 Å². The molecule has 0 heterocycles. The number of carbonyl (C=O) groups is 2. The molecule has 0 N–H and O–H groups in total. The van der Waals surface area contributed by atoms with Crippen LogP contribution >= 0.6 is 0 Å². The van der Waals surface area contributed by atoms with Crippen LogP contribution in [0.3, 0.4) is 0 Å². The molecule has 0 aliphatic carbocycles. The van der Waals surface area contributed by atoms with E-state index in [2.05, 4.69) is 9.47 Å². The predicted octanol–water partition coefficient (Wildman–Crippen LogP) is -1.40. The molecular formula is C7H13KO4. The largest absolute Gasteiger partial charge is 1.00 e. The molecule has 0 bridgehead atoms. The van der Waals surface area contributed by atoms with Crippen LogP contribution in [0.5, 0.6) is 0 Å². The van der Waals surface area contributed by atoms with E-state index in [1.807, 2.05) is 0 Å². The summed E-state index contributed by atoms with van der Waals surface area (Å²) in [5.41, 5.74) is -0.619. The fraction of sp³-hybridized carbons (Fsp3) is 0.714. The van der Waals surface area contributed by atoms with Gasteiger partial charge in [-0.15, -0.1) is 0 Å². The van der Waals surface area contributed by atoms with Gasteiger partial charge in [0.2, 0.25) is 0 Å². The van der Waals surface area contributed by atoms with Crippen LogP contribution < -0.4 is 51.4 Å². The van der Waals surface area contributed by atoms with Gasteiger partial charge in [0.15, 0.2) is 0 Å². The Morgan fingerprint density at radius 1 is 1.25 bits per heavy atom. The Morgan fingerprint density at radius 3 is 1.92 bits per heavy atom. The van der Waals surface area contributed by atoms with Crippen molar-refractivity contribution in [2.24, 2.45) is 0 Å². The Kier molecular flexibility index (Phi) is 7.65. The van der Waals surface area contributed by atoms with Gasteiger partial charge in [0, 0.05) is 6.92 Å². The molecule has 0 atom stereocenters. The second-order valence-electron chi connectivity index (χ2n) is 3.06. The fourth-order valence-electron chi connectivity index (χ4n) is 0.388. The molecular weight excluding hydrogens is 187 g/mol. The topological polar surface area (TPSA) is 52.6 Å². The second-order valence-corrected chi connectivity index (χ2v) is 3.06. The number of hydrogen-bond donors (Lipinski definition) is 0. The molecule has 0 spiro atoms. The summed E-state index contributed by atoms with van der Waals surface area (Å²) < 4.78 is 8.79. The van der Waals surface area contributed by atoms with Gasteiger partial charge < -0.3 is 10.9 Å². The van der Waals surface area contributed by atoms with E-state index in [1.165, 1.54) is 0 Å². The molecule has 0 aromatic rings. The number of esters is 1. The van der Waals surface area contributed by atoms with Gasteiger partial charge in [-0.3, -0.25) is 4.79 Å². The molecule has 0 aromatic carbocycles. The minimum Gasteiger partial charge on any atom is -1.00 e. The summed E-state index contributed by atoms with van der Waals surface area (Å²) in [5.74, 6) is -0.667. The third-order valence-corrected chi connectivity index (χ3v) is 0.617. The average Bonchev–Trinajstić information content (AvgIpc) is 1.53. The maximum atomic E-state index is 10.6. The minimum absolute atomic E-state index is 0. The molecule has 4 nitrogen and oxygen atoms in total. The first kappa shape index (κ1) is 15.1.